The van der Waals surface area contributed by atoms with Gasteiger partial charge in [-0.15, -0.1) is 0 Å². The first-order valence-corrected chi connectivity index (χ1v) is 14.2. The first kappa shape index (κ1) is 30.6. The molecule has 12 nitrogen and oxygen atoms in total. The van der Waals surface area contributed by atoms with Crippen molar-refractivity contribution in [2.24, 2.45) is 5.10 Å². The van der Waals surface area contributed by atoms with Crippen LogP contribution in [0.1, 0.15) is 23.6 Å². The van der Waals surface area contributed by atoms with Crippen molar-refractivity contribution in [1.82, 2.24) is 14.8 Å². The molecule has 13 heteroatoms. The quantitative estimate of drug-likeness (QED) is 0.270. The van der Waals surface area contributed by atoms with Crippen LogP contribution in [0, 0.1) is 15.9 Å². The van der Waals surface area contributed by atoms with E-state index in [2.05, 4.69) is 15.3 Å². The Morgan fingerprint density at radius 3 is 2.48 bits per heavy atom. The number of para-hydroxylation sites is 2. The normalized spacial score (nSPS) is 16.7. The number of amides is 3. The predicted octanol–water partition coefficient (Wildman–Crippen LogP) is 4.29. The van der Waals surface area contributed by atoms with Crippen molar-refractivity contribution in [1.29, 1.82) is 0 Å². The van der Waals surface area contributed by atoms with E-state index in [1.54, 1.807) is 48.5 Å². The van der Waals surface area contributed by atoms with Crippen molar-refractivity contribution in [3.8, 4) is 5.75 Å². The molecule has 3 amide bonds. The second-order valence-corrected chi connectivity index (χ2v) is 10.4. The lowest BCUT2D eigenvalue weighted by molar-refractivity contribution is -0.384. The van der Waals surface area contributed by atoms with Crippen molar-refractivity contribution < 1.29 is 28.4 Å². The molecule has 0 saturated carbocycles. The molecule has 2 aliphatic rings. The summed E-state index contributed by atoms with van der Waals surface area (Å²) >= 11 is 0. The fraction of sp³-hybridized carbons (Fsp3) is 0.323. The predicted molar refractivity (Wildman–Crippen MR) is 161 cm³/mol. The summed E-state index contributed by atoms with van der Waals surface area (Å²) in [6.07, 6.45) is 0.302. The average molecular weight is 605 g/mol. The third kappa shape index (κ3) is 7.36. The topological polar surface area (TPSA) is 130 Å². The molecule has 230 valence electrons. The van der Waals surface area contributed by atoms with Crippen LogP contribution in [0.4, 0.5) is 20.6 Å². The minimum Gasteiger partial charge on any atom is -0.495 e. The van der Waals surface area contributed by atoms with Gasteiger partial charge in [-0.3, -0.25) is 19.8 Å². The Morgan fingerprint density at radius 1 is 1.09 bits per heavy atom. The van der Waals surface area contributed by atoms with Gasteiger partial charge in [0.25, 0.3) is 11.6 Å². The molecule has 1 fully saturated rings. The molecule has 5 rings (SSSR count). The first-order valence-electron chi connectivity index (χ1n) is 14.2. The standard InChI is InChI=1S/C31H33FN6O6/c1-43-29-5-3-2-4-26(29)33-31(40)36(15-14-35-16-18-44-19-17-35)21-30(39)37-28(23-6-10-24(32)11-7-23)20-27(34-37)22-8-12-25(13-9-22)38(41)42/h2-13,28H,14-21H2,1H3,(H,33,40). The summed E-state index contributed by atoms with van der Waals surface area (Å²) in [5, 5.41) is 19.9. The van der Waals surface area contributed by atoms with Crippen molar-refractivity contribution >= 4 is 29.0 Å². The molecule has 0 aliphatic carbocycles. The van der Waals surface area contributed by atoms with Crippen LogP contribution in [-0.4, -0.2) is 90.4 Å². The number of rotatable bonds is 10. The Morgan fingerprint density at radius 2 is 1.80 bits per heavy atom. The van der Waals surface area contributed by atoms with Crippen molar-refractivity contribution in [3.05, 3.63) is 99.9 Å². The van der Waals surface area contributed by atoms with E-state index in [0.29, 0.717) is 54.5 Å². The van der Waals surface area contributed by atoms with Gasteiger partial charge in [-0.05, 0) is 47.5 Å². The van der Waals surface area contributed by atoms with Gasteiger partial charge in [0.1, 0.15) is 18.1 Å². The zero-order valence-electron chi connectivity index (χ0n) is 24.2. The Labute approximate surface area is 253 Å². The SMILES string of the molecule is COc1ccccc1NC(=O)N(CCN1CCOCC1)CC(=O)N1N=C(c2ccc([N+](=O)[O-])cc2)CC1c1ccc(F)cc1. The van der Waals surface area contributed by atoms with E-state index in [4.69, 9.17) is 9.47 Å². The molecule has 44 heavy (non-hydrogen) atoms. The first-order chi connectivity index (χ1) is 21.3. The number of halogens is 1. The Kier molecular flexibility index (Phi) is 9.77. The Balaban J connectivity index is 1.40. The number of hydrogen-bond acceptors (Lipinski definition) is 8. The number of carbonyl (C=O) groups is 2. The molecule has 3 aromatic rings. The van der Waals surface area contributed by atoms with E-state index in [9.17, 15) is 24.1 Å². The second-order valence-electron chi connectivity index (χ2n) is 10.4. The summed E-state index contributed by atoms with van der Waals surface area (Å²) in [6, 6.07) is 17.7. The maximum absolute atomic E-state index is 13.9. The fourth-order valence-corrected chi connectivity index (χ4v) is 5.15. The van der Waals surface area contributed by atoms with Crippen LogP contribution in [-0.2, 0) is 9.53 Å². The minimum absolute atomic E-state index is 0.0627. The number of urea groups is 1. The number of nitro groups is 1. The molecule has 2 heterocycles. The highest BCUT2D eigenvalue weighted by molar-refractivity contribution is 6.03. The van der Waals surface area contributed by atoms with Crippen LogP contribution in [0.3, 0.4) is 0 Å². The molecule has 1 saturated heterocycles. The average Bonchev–Trinajstić information content (AvgIpc) is 3.50. The van der Waals surface area contributed by atoms with Gasteiger partial charge >= 0.3 is 6.03 Å². The Bertz CT molecular complexity index is 1510. The molecular weight excluding hydrogens is 571 g/mol. The number of nitrogens with zero attached hydrogens (tertiary/aromatic N) is 5. The zero-order chi connectivity index (χ0) is 31.1. The molecule has 1 unspecified atom stereocenters. The summed E-state index contributed by atoms with van der Waals surface area (Å²) in [5.41, 5.74) is 2.23. The maximum atomic E-state index is 13.9. The van der Waals surface area contributed by atoms with E-state index in [1.165, 1.54) is 41.3 Å². The summed E-state index contributed by atoms with van der Waals surface area (Å²) in [7, 11) is 1.51. The summed E-state index contributed by atoms with van der Waals surface area (Å²) in [4.78, 5) is 41.8. The van der Waals surface area contributed by atoms with E-state index in [-0.39, 0.29) is 18.8 Å². The number of non-ortho nitro benzene ring substituents is 1. The van der Waals surface area contributed by atoms with Gasteiger partial charge in [0.05, 0.1) is 42.7 Å². The molecule has 1 N–H and O–H groups in total. The molecule has 2 aliphatic heterocycles. The van der Waals surface area contributed by atoms with Gasteiger partial charge in [-0.1, -0.05) is 24.3 Å². The van der Waals surface area contributed by atoms with Gasteiger partial charge < -0.3 is 19.7 Å². The largest absolute Gasteiger partial charge is 0.495 e. The smallest absolute Gasteiger partial charge is 0.322 e. The number of carbonyl (C=O) groups excluding carboxylic acids is 2. The highest BCUT2D eigenvalue weighted by Crippen LogP contribution is 2.33. The van der Waals surface area contributed by atoms with Crippen molar-refractivity contribution in [3.63, 3.8) is 0 Å². The number of morpholine rings is 1. The number of nitro benzene ring substituents is 1. The lowest BCUT2D eigenvalue weighted by Gasteiger charge is -2.31. The lowest BCUT2D eigenvalue weighted by Crippen LogP contribution is -2.47. The Hall–Kier alpha value is -4.88. The molecule has 1 atom stereocenters. The summed E-state index contributed by atoms with van der Waals surface area (Å²) in [5.74, 6) is -0.370. The highest BCUT2D eigenvalue weighted by atomic mass is 19.1. The molecule has 0 bridgehead atoms. The fourth-order valence-electron chi connectivity index (χ4n) is 5.15. The van der Waals surface area contributed by atoms with Gasteiger partial charge in [0.2, 0.25) is 0 Å². The van der Waals surface area contributed by atoms with Gasteiger partial charge in [0, 0.05) is 44.7 Å². The highest BCUT2D eigenvalue weighted by Gasteiger charge is 2.35. The number of anilines is 1. The minimum atomic E-state index is -0.563. The van der Waals surface area contributed by atoms with E-state index < -0.39 is 28.7 Å². The van der Waals surface area contributed by atoms with Gasteiger partial charge in [-0.25, -0.2) is 14.2 Å². The van der Waals surface area contributed by atoms with Crippen LogP contribution in [0.5, 0.6) is 5.75 Å². The van der Waals surface area contributed by atoms with Crippen molar-refractivity contribution in [2.75, 3.05) is 58.4 Å². The zero-order valence-corrected chi connectivity index (χ0v) is 24.2. The molecule has 0 radical (unpaired) electrons. The van der Waals surface area contributed by atoms with Crippen LogP contribution in [0.15, 0.2) is 77.9 Å². The number of methoxy groups -OCH3 is 1. The van der Waals surface area contributed by atoms with Crippen molar-refractivity contribution in [2.45, 2.75) is 12.5 Å². The van der Waals surface area contributed by atoms with Crippen LogP contribution in [0.2, 0.25) is 0 Å². The number of nitrogens with one attached hydrogen (secondary N) is 1. The van der Waals surface area contributed by atoms with E-state index >= 15 is 0 Å². The van der Waals surface area contributed by atoms with Gasteiger partial charge in [0.15, 0.2) is 0 Å². The monoisotopic (exact) mass is 604 g/mol. The number of hydrogen-bond donors (Lipinski definition) is 1. The molecule has 3 aromatic carbocycles. The number of ether oxygens (including phenoxy) is 2. The molecular formula is C31H33FN6O6. The van der Waals surface area contributed by atoms with Crippen LogP contribution >= 0.6 is 0 Å². The van der Waals surface area contributed by atoms with Crippen LogP contribution < -0.4 is 10.1 Å². The summed E-state index contributed by atoms with van der Waals surface area (Å²) in [6.45, 7) is 3.16. The maximum Gasteiger partial charge on any atom is 0.322 e. The lowest BCUT2D eigenvalue weighted by atomic mass is 9.98. The van der Waals surface area contributed by atoms with Gasteiger partial charge in [-0.2, -0.15) is 5.10 Å². The van der Waals surface area contributed by atoms with E-state index in [0.717, 1.165) is 13.1 Å². The second kappa shape index (κ2) is 14.1. The summed E-state index contributed by atoms with van der Waals surface area (Å²) < 4.78 is 24.6. The third-order valence-electron chi connectivity index (χ3n) is 7.58. The number of hydrazone groups is 1. The third-order valence-corrected chi connectivity index (χ3v) is 7.58. The molecule has 0 aromatic heterocycles. The van der Waals surface area contributed by atoms with E-state index in [1.807, 2.05) is 0 Å². The van der Waals surface area contributed by atoms with Crippen LogP contribution in [0.25, 0.3) is 0 Å². The molecule has 0 spiro atoms. The number of benzene rings is 3.